The minimum Gasteiger partial charge on any atom is -0.343 e. The maximum Gasteiger partial charge on any atom is 0.141 e. The van der Waals surface area contributed by atoms with Crippen LogP contribution in [0.15, 0.2) is 42.6 Å². The first-order chi connectivity index (χ1) is 10.1. The van der Waals surface area contributed by atoms with Crippen molar-refractivity contribution in [1.29, 1.82) is 0 Å². The molecule has 0 atom stereocenters. The second kappa shape index (κ2) is 5.68. The monoisotopic (exact) mass is 322 g/mol. The Kier molecular flexibility index (Phi) is 3.89. The van der Waals surface area contributed by atoms with Crippen LogP contribution in [-0.2, 0) is 13.1 Å². The maximum atomic E-state index is 13.2. The first kappa shape index (κ1) is 14.4. The quantitative estimate of drug-likeness (QED) is 0.751. The molecule has 0 aliphatic heterocycles. The summed E-state index contributed by atoms with van der Waals surface area (Å²) in [5.41, 5.74) is 8.76. The standard InChI is InChI=1S/C16H13Cl2FN2/c17-12-2-3-13-11(7-20)9-21(16(13)6-12)8-10-1-4-15(19)14(18)5-10/h1-6,9H,7-8,20H2. The lowest BCUT2D eigenvalue weighted by atomic mass is 10.2. The van der Waals surface area contributed by atoms with Gasteiger partial charge in [-0.2, -0.15) is 0 Å². The van der Waals surface area contributed by atoms with E-state index in [2.05, 4.69) is 0 Å². The van der Waals surface area contributed by atoms with E-state index >= 15 is 0 Å². The summed E-state index contributed by atoms with van der Waals surface area (Å²) < 4.78 is 15.3. The van der Waals surface area contributed by atoms with Crippen LogP contribution in [0.25, 0.3) is 10.9 Å². The van der Waals surface area contributed by atoms with Gasteiger partial charge >= 0.3 is 0 Å². The summed E-state index contributed by atoms with van der Waals surface area (Å²) in [6.07, 6.45) is 2.00. The molecule has 2 N–H and O–H groups in total. The Morgan fingerprint density at radius 2 is 1.90 bits per heavy atom. The lowest BCUT2D eigenvalue weighted by Gasteiger charge is -2.07. The number of benzene rings is 2. The zero-order valence-corrected chi connectivity index (χ0v) is 12.6. The minimum absolute atomic E-state index is 0.126. The third-order valence-electron chi connectivity index (χ3n) is 3.48. The molecule has 0 fully saturated rings. The smallest absolute Gasteiger partial charge is 0.141 e. The van der Waals surface area contributed by atoms with Crippen LogP contribution in [0.3, 0.4) is 0 Å². The van der Waals surface area contributed by atoms with Crippen molar-refractivity contribution >= 4 is 34.1 Å². The highest BCUT2D eigenvalue weighted by molar-refractivity contribution is 6.31. The van der Waals surface area contributed by atoms with Crippen molar-refractivity contribution < 1.29 is 4.39 Å². The number of hydrogen-bond acceptors (Lipinski definition) is 1. The first-order valence-electron chi connectivity index (χ1n) is 6.50. The van der Waals surface area contributed by atoms with Crippen LogP contribution in [0, 0.1) is 5.82 Å². The van der Waals surface area contributed by atoms with Gasteiger partial charge in [-0.25, -0.2) is 4.39 Å². The van der Waals surface area contributed by atoms with Crippen LogP contribution in [0.4, 0.5) is 4.39 Å². The van der Waals surface area contributed by atoms with Gasteiger partial charge in [0.15, 0.2) is 0 Å². The van der Waals surface area contributed by atoms with Gasteiger partial charge in [-0.05, 0) is 35.4 Å². The van der Waals surface area contributed by atoms with E-state index in [0.717, 1.165) is 22.0 Å². The fourth-order valence-electron chi connectivity index (χ4n) is 2.47. The van der Waals surface area contributed by atoms with Crippen molar-refractivity contribution in [2.45, 2.75) is 13.1 Å². The molecule has 0 spiro atoms. The summed E-state index contributed by atoms with van der Waals surface area (Å²) in [5, 5.41) is 1.87. The van der Waals surface area contributed by atoms with Crippen molar-refractivity contribution in [1.82, 2.24) is 4.57 Å². The molecular formula is C16H13Cl2FN2. The fourth-order valence-corrected chi connectivity index (χ4v) is 2.84. The normalized spacial score (nSPS) is 11.2. The van der Waals surface area contributed by atoms with Gasteiger partial charge < -0.3 is 10.3 Å². The van der Waals surface area contributed by atoms with Crippen LogP contribution in [-0.4, -0.2) is 4.57 Å². The highest BCUT2D eigenvalue weighted by atomic mass is 35.5. The molecule has 0 aliphatic carbocycles. The molecule has 1 heterocycles. The van der Waals surface area contributed by atoms with Gasteiger partial charge in [0, 0.05) is 29.7 Å². The van der Waals surface area contributed by atoms with E-state index in [1.165, 1.54) is 6.07 Å². The van der Waals surface area contributed by atoms with E-state index < -0.39 is 5.82 Å². The molecule has 0 amide bonds. The van der Waals surface area contributed by atoms with Crippen molar-refractivity contribution in [2.24, 2.45) is 5.73 Å². The number of hydrogen-bond donors (Lipinski definition) is 1. The molecule has 0 unspecified atom stereocenters. The second-order valence-electron chi connectivity index (χ2n) is 4.90. The molecule has 1 aromatic heterocycles. The molecule has 0 saturated carbocycles. The van der Waals surface area contributed by atoms with Crippen LogP contribution in [0.1, 0.15) is 11.1 Å². The highest BCUT2D eigenvalue weighted by Gasteiger charge is 2.09. The molecular weight excluding hydrogens is 310 g/mol. The Hall–Kier alpha value is -1.55. The van der Waals surface area contributed by atoms with Crippen LogP contribution in [0.5, 0.6) is 0 Å². The molecule has 0 aliphatic rings. The van der Waals surface area contributed by atoms with Gasteiger partial charge in [0.1, 0.15) is 5.82 Å². The van der Waals surface area contributed by atoms with Gasteiger partial charge in [0.05, 0.1) is 10.5 Å². The molecule has 0 radical (unpaired) electrons. The van der Waals surface area contributed by atoms with Crippen molar-refractivity contribution in [3.63, 3.8) is 0 Å². The van der Waals surface area contributed by atoms with Gasteiger partial charge in [-0.1, -0.05) is 35.3 Å². The topological polar surface area (TPSA) is 30.9 Å². The largest absolute Gasteiger partial charge is 0.343 e. The van der Waals surface area contributed by atoms with Crippen LogP contribution in [0.2, 0.25) is 10.0 Å². The molecule has 3 rings (SSSR count). The highest BCUT2D eigenvalue weighted by Crippen LogP contribution is 2.26. The van der Waals surface area contributed by atoms with E-state index in [1.54, 1.807) is 12.1 Å². The lowest BCUT2D eigenvalue weighted by Crippen LogP contribution is -1.99. The predicted molar refractivity (Wildman–Crippen MR) is 85.4 cm³/mol. The molecule has 3 aromatic rings. The van der Waals surface area contributed by atoms with E-state index in [9.17, 15) is 4.39 Å². The molecule has 21 heavy (non-hydrogen) atoms. The predicted octanol–water partition coefficient (Wildman–Crippen LogP) is 4.59. The third kappa shape index (κ3) is 2.77. The Morgan fingerprint density at radius 3 is 2.62 bits per heavy atom. The maximum absolute atomic E-state index is 13.2. The summed E-state index contributed by atoms with van der Waals surface area (Å²) in [6.45, 7) is 1.03. The summed E-state index contributed by atoms with van der Waals surface area (Å²) in [7, 11) is 0. The lowest BCUT2D eigenvalue weighted by molar-refractivity contribution is 0.627. The van der Waals surface area contributed by atoms with Crippen LogP contribution >= 0.6 is 23.2 Å². The van der Waals surface area contributed by atoms with E-state index in [4.69, 9.17) is 28.9 Å². The Labute approximate surface area is 131 Å². The van der Waals surface area contributed by atoms with Crippen molar-refractivity contribution in [2.75, 3.05) is 0 Å². The second-order valence-corrected chi connectivity index (χ2v) is 5.74. The van der Waals surface area contributed by atoms with E-state index in [1.807, 2.05) is 29.0 Å². The van der Waals surface area contributed by atoms with E-state index in [0.29, 0.717) is 18.1 Å². The van der Waals surface area contributed by atoms with E-state index in [-0.39, 0.29) is 5.02 Å². The first-order valence-corrected chi connectivity index (χ1v) is 7.25. The van der Waals surface area contributed by atoms with Gasteiger partial charge in [-0.15, -0.1) is 0 Å². The number of aromatic nitrogens is 1. The minimum atomic E-state index is -0.413. The molecule has 108 valence electrons. The molecule has 0 bridgehead atoms. The Balaban J connectivity index is 2.07. The molecule has 2 nitrogen and oxygen atoms in total. The number of nitrogens with zero attached hydrogens (tertiary/aromatic N) is 1. The molecule has 2 aromatic carbocycles. The van der Waals surface area contributed by atoms with Gasteiger partial charge in [0.2, 0.25) is 0 Å². The molecule has 0 saturated heterocycles. The van der Waals surface area contributed by atoms with Crippen molar-refractivity contribution in [3.8, 4) is 0 Å². The van der Waals surface area contributed by atoms with Gasteiger partial charge in [0.25, 0.3) is 0 Å². The average Bonchev–Trinajstić information content (AvgIpc) is 2.80. The summed E-state index contributed by atoms with van der Waals surface area (Å²) >= 11 is 11.9. The zero-order valence-electron chi connectivity index (χ0n) is 11.1. The number of rotatable bonds is 3. The third-order valence-corrected chi connectivity index (χ3v) is 4.01. The summed E-state index contributed by atoms with van der Waals surface area (Å²) in [6, 6.07) is 10.5. The average molecular weight is 323 g/mol. The SMILES string of the molecule is NCc1cn(Cc2ccc(F)c(Cl)c2)c2cc(Cl)ccc12. The summed E-state index contributed by atoms with van der Waals surface area (Å²) in [5.74, 6) is -0.413. The fraction of sp³-hybridized carbons (Fsp3) is 0.125. The number of halogens is 3. The van der Waals surface area contributed by atoms with Crippen LogP contribution < -0.4 is 5.73 Å². The molecule has 5 heteroatoms. The zero-order chi connectivity index (χ0) is 15.0. The Bertz CT molecular complexity index is 811. The summed E-state index contributed by atoms with van der Waals surface area (Å²) in [4.78, 5) is 0. The number of fused-ring (bicyclic) bond motifs is 1. The number of nitrogens with two attached hydrogens (primary N) is 1. The van der Waals surface area contributed by atoms with Gasteiger partial charge in [-0.3, -0.25) is 0 Å². The Morgan fingerprint density at radius 1 is 1.10 bits per heavy atom. The van der Waals surface area contributed by atoms with Crippen molar-refractivity contribution in [3.05, 3.63) is 69.6 Å².